The molecule has 18 heavy (non-hydrogen) atoms. The number of nitrogens with one attached hydrogen (secondary N) is 1. The van der Waals surface area contributed by atoms with Gasteiger partial charge >= 0.3 is 0 Å². The molecule has 1 aromatic carbocycles. The zero-order valence-electron chi connectivity index (χ0n) is 10.9. The SMILES string of the molecule is CC(C)Cc1nnc(NCCc2ccccc2)s1. The number of hydrogen-bond acceptors (Lipinski definition) is 4. The lowest BCUT2D eigenvalue weighted by molar-refractivity contribution is 0.640. The molecule has 0 atom stereocenters. The second kappa shape index (κ2) is 6.50. The quantitative estimate of drug-likeness (QED) is 0.866. The van der Waals surface area contributed by atoms with Crippen LogP contribution in [0.4, 0.5) is 5.13 Å². The van der Waals surface area contributed by atoms with Crippen molar-refractivity contribution in [2.24, 2.45) is 5.92 Å². The Morgan fingerprint density at radius 2 is 1.94 bits per heavy atom. The van der Waals surface area contributed by atoms with Gasteiger partial charge in [-0.15, -0.1) is 10.2 Å². The van der Waals surface area contributed by atoms with Gasteiger partial charge in [-0.25, -0.2) is 0 Å². The van der Waals surface area contributed by atoms with Gasteiger partial charge in [0.15, 0.2) is 0 Å². The number of hydrogen-bond donors (Lipinski definition) is 1. The lowest BCUT2D eigenvalue weighted by Gasteiger charge is -2.02. The second-order valence-corrected chi connectivity index (χ2v) is 5.82. The largest absolute Gasteiger partial charge is 0.360 e. The van der Waals surface area contributed by atoms with E-state index in [0.29, 0.717) is 5.92 Å². The normalized spacial score (nSPS) is 10.8. The fraction of sp³-hybridized carbons (Fsp3) is 0.429. The molecule has 2 rings (SSSR count). The summed E-state index contributed by atoms with van der Waals surface area (Å²) < 4.78 is 0. The summed E-state index contributed by atoms with van der Waals surface area (Å²) in [6.07, 6.45) is 2.03. The molecule has 3 nitrogen and oxygen atoms in total. The third-order valence-electron chi connectivity index (χ3n) is 2.58. The molecule has 96 valence electrons. The minimum atomic E-state index is 0.634. The summed E-state index contributed by atoms with van der Waals surface area (Å²) in [5.41, 5.74) is 1.34. The third kappa shape index (κ3) is 4.11. The Bertz CT molecular complexity index is 465. The Morgan fingerprint density at radius 1 is 1.17 bits per heavy atom. The average Bonchev–Trinajstić information content (AvgIpc) is 2.77. The van der Waals surface area contributed by atoms with E-state index in [1.807, 2.05) is 6.07 Å². The zero-order chi connectivity index (χ0) is 12.8. The minimum absolute atomic E-state index is 0.634. The highest BCUT2D eigenvalue weighted by molar-refractivity contribution is 7.15. The number of nitrogens with zero attached hydrogens (tertiary/aromatic N) is 2. The molecule has 2 aromatic rings. The van der Waals surface area contributed by atoms with E-state index in [0.717, 1.165) is 29.5 Å². The van der Waals surface area contributed by atoms with E-state index in [-0.39, 0.29) is 0 Å². The molecule has 1 aromatic heterocycles. The molecule has 0 radical (unpaired) electrons. The fourth-order valence-corrected chi connectivity index (χ4v) is 2.69. The molecule has 0 unspecified atom stereocenters. The molecule has 0 amide bonds. The van der Waals surface area contributed by atoms with Gasteiger partial charge in [0.1, 0.15) is 5.01 Å². The van der Waals surface area contributed by atoms with Gasteiger partial charge in [0, 0.05) is 13.0 Å². The lowest BCUT2D eigenvalue weighted by Crippen LogP contribution is -2.04. The van der Waals surface area contributed by atoms with E-state index in [9.17, 15) is 0 Å². The van der Waals surface area contributed by atoms with Crippen molar-refractivity contribution in [2.45, 2.75) is 26.7 Å². The van der Waals surface area contributed by atoms with E-state index < -0.39 is 0 Å². The molecule has 0 aliphatic rings. The van der Waals surface area contributed by atoms with Crippen molar-refractivity contribution >= 4 is 16.5 Å². The van der Waals surface area contributed by atoms with Gasteiger partial charge in [0.05, 0.1) is 0 Å². The number of benzene rings is 1. The van der Waals surface area contributed by atoms with Crippen LogP contribution in [0.5, 0.6) is 0 Å². The van der Waals surface area contributed by atoms with Crippen molar-refractivity contribution in [2.75, 3.05) is 11.9 Å². The summed E-state index contributed by atoms with van der Waals surface area (Å²) in [7, 11) is 0. The summed E-state index contributed by atoms with van der Waals surface area (Å²) in [5.74, 6) is 0.634. The monoisotopic (exact) mass is 261 g/mol. The van der Waals surface area contributed by atoms with Crippen LogP contribution in [0.3, 0.4) is 0 Å². The standard InChI is InChI=1S/C14H19N3S/c1-11(2)10-13-16-17-14(18-13)15-9-8-12-6-4-3-5-7-12/h3-7,11H,8-10H2,1-2H3,(H,15,17). The van der Waals surface area contributed by atoms with E-state index >= 15 is 0 Å². The molecular formula is C14H19N3S. The summed E-state index contributed by atoms with van der Waals surface area (Å²) in [6, 6.07) is 10.5. The van der Waals surface area contributed by atoms with Crippen LogP contribution in [-0.2, 0) is 12.8 Å². The minimum Gasteiger partial charge on any atom is -0.360 e. The van der Waals surface area contributed by atoms with Crippen molar-refractivity contribution < 1.29 is 0 Å². The summed E-state index contributed by atoms with van der Waals surface area (Å²) in [4.78, 5) is 0. The highest BCUT2D eigenvalue weighted by atomic mass is 32.1. The van der Waals surface area contributed by atoms with E-state index in [1.165, 1.54) is 5.56 Å². The third-order valence-corrected chi connectivity index (χ3v) is 3.49. The van der Waals surface area contributed by atoms with Gasteiger partial charge < -0.3 is 5.32 Å². The van der Waals surface area contributed by atoms with Crippen LogP contribution in [0.25, 0.3) is 0 Å². The van der Waals surface area contributed by atoms with Crippen molar-refractivity contribution in [3.63, 3.8) is 0 Å². The fourth-order valence-electron chi connectivity index (χ4n) is 1.72. The van der Waals surface area contributed by atoms with Gasteiger partial charge in [-0.2, -0.15) is 0 Å². The van der Waals surface area contributed by atoms with Gasteiger partial charge in [-0.3, -0.25) is 0 Å². The first-order valence-electron chi connectivity index (χ1n) is 6.34. The molecular weight excluding hydrogens is 242 g/mol. The lowest BCUT2D eigenvalue weighted by atomic mass is 10.1. The van der Waals surface area contributed by atoms with Crippen molar-refractivity contribution in [1.29, 1.82) is 0 Å². The maximum Gasteiger partial charge on any atom is 0.205 e. The van der Waals surface area contributed by atoms with Gasteiger partial charge in [-0.1, -0.05) is 55.5 Å². The van der Waals surface area contributed by atoms with Gasteiger partial charge in [0.25, 0.3) is 0 Å². The Labute approximate surface area is 112 Å². The second-order valence-electron chi connectivity index (χ2n) is 4.76. The van der Waals surface area contributed by atoms with E-state index in [2.05, 4.69) is 53.6 Å². The number of aromatic nitrogens is 2. The molecule has 0 saturated carbocycles. The molecule has 0 bridgehead atoms. The van der Waals surface area contributed by atoms with Crippen LogP contribution in [0.1, 0.15) is 24.4 Å². The van der Waals surface area contributed by atoms with Crippen LogP contribution in [0, 0.1) is 5.92 Å². The average molecular weight is 261 g/mol. The van der Waals surface area contributed by atoms with Crippen LogP contribution in [-0.4, -0.2) is 16.7 Å². The molecule has 0 saturated heterocycles. The summed E-state index contributed by atoms with van der Waals surface area (Å²) in [5, 5.41) is 13.7. The summed E-state index contributed by atoms with van der Waals surface area (Å²) >= 11 is 1.66. The van der Waals surface area contributed by atoms with Crippen molar-refractivity contribution in [3.8, 4) is 0 Å². The maximum absolute atomic E-state index is 4.19. The molecule has 0 fully saturated rings. The van der Waals surface area contributed by atoms with E-state index in [1.54, 1.807) is 11.3 Å². The van der Waals surface area contributed by atoms with Gasteiger partial charge in [0.2, 0.25) is 5.13 Å². The predicted octanol–water partition coefficient (Wildman–Crippen LogP) is 3.39. The van der Waals surface area contributed by atoms with Crippen molar-refractivity contribution in [3.05, 3.63) is 40.9 Å². The zero-order valence-corrected chi connectivity index (χ0v) is 11.7. The Hall–Kier alpha value is -1.42. The Balaban J connectivity index is 1.78. The predicted molar refractivity (Wildman–Crippen MR) is 77.1 cm³/mol. The Kier molecular flexibility index (Phi) is 4.70. The van der Waals surface area contributed by atoms with Crippen molar-refractivity contribution in [1.82, 2.24) is 10.2 Å². The molecule has 1 N–H and O–H groups in total. The first-order valence-corrected chi connectivity index (χ1v) is 7.16. The first kappa shape index (κ1) is 13.0. The molecule has 1 heterocycles. The number of anilines is 1. The topological polar surface area (TPSA) is 37.8 Å². The first-order chi connectivity index (χ1) is 8.74. The van der Waals surface area contributed by atoms with Crippen LogP contribution >= 0.6 is 11.3 Å². The summed E-state index contributed by atoms with van der Waals surface area (Å²) in [6.45, 7) is 5.30. The van der Waals surface area contributed by atoms with Crippen LogP contribution in [0.15, 0.2) is 30.3 Å². The highest BCUT2D eigenvalue weighted by Gasteiger charge is 2.05. The maximum atomic E-state index is 4.19. The Morgan fingerprint density at radius 3 is 2.67 bits per heavy atom. The number of rotatable bonds is 6. The molecule has 0 aliphatic carbocycles. The van der Waals surface area contributed by atoms with Crippen LogP contribution in [0.2, 0.25) is 0 Å². The molecule has 0 aliphatic heterocycles. The van der Waals surface area contributed by atoms with Crippen LogP contribution < -0.4 is 5.32 Å². The molecule has 0 spiro atoms. The smallest absolute Gasteiger partial charge is 0.205 e. The molecule has 4 heteroatoms. The van der Waals surface area contributed by atoms with E-state index in [4.69, 9.17) is 0 Å². The highest BCUT2D eigenvalue weighted by Crippen LogP contribution is 2.18. The van der Waals surface area contributed by atoms with Gasteiger partial charge in [-0.05, 0) is 17.9 Å².